The fourth-order valence-corrected chi connectivity index (χ4v) is 16.0. The van der Waals surface area contributed by atoms with Crippen molar-refractivity contribution in [1.29, 1.82) is 0 Å². The highest BCUT2D eigenvalue weighted by atomic mass is 16.3. The summed E-state index contributed by atoms with van der Waals surface area (Å²) in [6, 6.07) is 112. The van der Waals surface area contributed by atoms with Gasteiger partial charge in [0.15, 0.2) is 11.2 Å². The lowest BCUT2D eigenvalue weighted by molar-refractivity contribution is 0.670. The third-order valence-electron chi connectivity index (χ3n) is 19.9. The smallest absolute Gasteiger partial charge is 0.159 e. The number of para-hydroxylation sites is 6. The van der Waals surface area contributed by atoms with E-state index in [1.165, 1.54) is 93.7 Å². The zero-order valence-electron chi connectivity index (χ0n) is 50.1. The maximum absolute atomic E-state index is 7.23. The van der Waals surface area contributed by atoms with Crippen molar-refractivity contribution in [2.24, 2.45) is 0 Å². The zero-order valence-corrected chi connectivity index (χ0v) is 50.1. The molecule has 0 atom stereocenters. The van der Waals surface area contributed by atoms with Crippen molar-refractivity contribution >= 4 is 110 Å². The van der Waals surface area contributed by atoms with Crippen LogP contribution in [0.3, 0.4) is 0 Å². The van der Waals surface area contributed by atoms with E-state index in [0.717, 1.165) is 94.5 Å². The standard InChI is InChI=1S/C87H56N2O2/c1-53-23-9-11-29-61(53)68-35-19-37-70-72-39-21-43-79(85(72)90-83(68)70)88(57-25-5-3-6-26-57)59-46-45-55-50-75-78(51-56(55)49-59)87(76-41-17-15-32-64(76)65-33-16-18-42-77(65)87)82-67-48-47-60(52-74(67)63-31-13-14-34-66(63)81(75)82)89(58-27-7-4-8-28-58)80-44-22-40-73-71-38-20-36-69(84(71)91-86(73)80)62-30-12-10-24-54(62)2/h3-52H,1-2H3. The van der Waals surface area contributed by atoms with Gasteiger partial charge in [0.25, 0.3) is 0 Å². The predicted octanol–water partition coefficient (Wildman–Crippen LogP) is 24.2. The van der Waals surface area contributed by atoms with Crippen LogP contribution >= 0.6 is 0 Å². The van der Waals surface area contributed by atoms with E-state index in [9.17, 15) is 0 Å². The summed E-state index contributed by atoms with van der Waals surface area (Å²) >= 11 is 0. The summed E-state index contributed by atoms with van der Waals surface area (Å²) < 4.78 is 14.4. The Morgan fingerprint density at radius 1 is 0.253 bits per heavy atom. The summed E-state index contributed by atoms with van der Waals surface area (Å²) in [5.74, 6) is 0. The van der Waals surface area contributed by atoms with Gasteiger partial charge in [-0.3, -0.25) is 0 Å². The molecule has 2 aromatic heterocycles. The normalized spacial score (nSPS) is 12.8. The van der Waals surface area contributed by atoms with Crippen molar-refractivity contribution in [2.45, 2.75) is 19.3 Å². The van der Waals surface area contributed by atoms with Gasteiger partial charge in [-0.25, -0.2) is 0 Å². The lowest BCUT2D eigenvalue weighted by Crippen LogP contribution is -2.26. The van der Waals surface area contributed by atoms with Crippen LogP contribution in [0.4, 0.5) is 34.1 Å². The topological polar surface area (TPSA) is 32.8 Å². The molecule has 0 fully saturated rings. The van der Waals surface area contributed by atoms with E-state index in [0.29, 0.717) is 0 Å². The largest absolute Gasteiger partial charge is 0.453 e. The molecule has 91 heavy (non-hydrogen) atoms. The maximum atomic E-state index is 7.23. The Labute approximate surface area is 526 Å². The van der Waals surface area contributed by atoms with Crippen molar-refractivity contribution < 1.29 is 8.83 Å². The molecular weight excluding hydrogens is 1100 g/mol. The van der Waals surface area contributed by atoms with E-state index in [4.69, 9.17) is 8.83 Å². The second-order valence-corrected chi connectivity index (χ2v) is 24.6. The molecule has 0 bridgehead atoms. The first-order valence-corrected chi connectivity index (χ1v) is 31.5. The average molecular weight is 1160 g/mol. The Hall–Kier alpha value is -11.7. The first-order chi connectivity index (χ1) is 45.0. The molecule has 2 aliphatic rings. The van der Waals surface area contributed by atoms with E-state index >= 15 is 0 Å². The molecule has 0 amide bonds. The number of hydrogen-bond donors (Lipinski definition) is 0. The molecule has 426 valence electrons. The van der Waals surface area contributed by atoms with Crippen molar-refractivity contribution in [3.05, 3.63) is 337 Å². The molecule has 19 rings (SSSR count). The molecule has 4 heteroatoms. The van der Waals surface area contributed by atoms with Crippen LogP contribution in [0.5, 0.6) is 0 Å². The Morgan fingerprint density at radius 2 is 0.692 bits per heavy atom. The van der Waals surface area contributed by atoms with Crippen LogP contribution in [0.25, 0.3) is 121 Å². The van der Waals surface area contributed by atoms with Gasteiger partial charge in [-0.05, 0) is 186 Å². The Morgan fingerprint density at radius 3 is 1.25 bits per heavy atom. The van der Waals surface area contributed by atoms with Crippen LogP contribution in [0, 0.1) is 13.8 Å². The lowest BCUT2D eigenvalue weighted by Gasteiger charge is -2.32. The highest BCUT2D eigenvalue weighted by Crippen LogP contribution is 2.66. The van der Waals surface area contributed by atoms with Crippen LogP contribution in [0.2, 0.25) is 0 Å². The highest BCUT2D eigenvalue weighted by Gasteiger charge is 2.53. The van der Waals surface area contributed by atoms with Gasteiger partial charge in [0.05, 0.1) is 16.8 Å². The summed E-state index contributed by atoms with van der Waals surface area (Å²) in [5.41, 5.74) is 26.1. The number of anilines is 6. The summed E-state index contributed by atoms with van der Waals surface area (Å²) in [6.45, 7) is 4.35. The number of hydrogen-bond acceptors (Lipinski definition) is 4. The number of rotatable bonds is 8. The van der Waals surface area contributed by atoms with Crippen LogP contribution in [0.1, 0.15) is 33.4 Å². The Bertz CT molecular complexity index is 5850. The summed E-state index contributed by atoms with van der Waals surface area (Å²) in [6.07, 6.45) is 0. The van der Waals surface area contributed by atoms with Gasteiger partial charge >= 0.3 is 0 Å². The number of aryl methyl sites for hydroxylation is 2. The minimum Gasteiger partial charge on any atom is -0.453 e. The molecule has 0 saturated carbocycles. The SMILES string of the molecule is Cc1ccccc1-c1cccc2c1oc1c(N(c3ccccc3)c3ccc4cc5c(cc4c3)C3(c4ccccc4-c4ccccc43)c3c-5c4ccccc4c4cc(N(c5ccccc5)c5cccc6c5oc5c(-c7ccccc7C)cccc56)ccc34)cccc12. The van der Waals surface area contributed by atoms with Gasteiger partial charge < -0.3 is 18.6 Å². The first kappa shape index (κ1) is 51.3. The molecule has 0 N–H and O–H groups in total. The number of furan rings is 2. The third kappa shape index (κ3) is 7.33. The van der Waals surface area contributed by atoms with Crippen LogP contribution in [0.15, 0.2) is 312 Å². The minimum absolute atomic E-state index is 0.673. The van der Waals surface area contributed by atoms with Gasteiger partial charge in [-0.15, -0.1) is 0 Å². The predicted molar refractivity (Wildman–Crippen MR) is 380 cm³/mol. The Balaban J connectivity index is 0.841. The Kier molecular flexibility index (Phi) is 11.1. The summed E-state index contributed by atoms with van der Waals surface area (Å²) in [5, 5.41) is 11.5. The van der Waals surface area contributed by atoms with Crippen molar-refractivity contribution in [3.63, 3.8) is 0 Å². The molecule has 0 aliphatic heterocycles. The van der Waals surface area contributed by atoms with Gasteiger partial charge in [0.2, 0.25) is 0 Å². The molecule has 2 heterocycles. The van der Waals surface area contributed by atoms with E-state index in [-0.39, 0.29) is 0 Å². The molecule has 1 spiro atoms. The van der Waals surface area contributed by atoms with Crippen LogP contribution < -0.4 is 9.80 Å². The minimum atomic E-state index is -0.673. The van der Waals surface area contributed by atoms with Gasteiger partial charge in [0.1, 0.15) is 11.2 Å². The molecular formula is C87H56N2O2. The van der Waals surface area contributed by atoms with Crippen LogP contribution in [-0.2, 0) is 5.41 Å². The molecule has 17 aromatic rings. The average Bonchev–Trinajstić information content (AvgIpc) is 1.50. The van der Waals surface area contributed by atoms with Crippen molar-refractivity contribution in [1.82, 2.24) is 0 Å². The van der Waals surface area contributed by atoms with Gasteiger partial charge in [-0.2, -0.15) is 0 Å². The third-order valence-corrected chi connectivity index (χ3v) is 19.9. The second-order valence-electron chi connectivity index (χ2n) is 24.6. The monoisotopic (exact) mass is 1160 g/mol. The van der Waals surface area contributed by atoms with Crippen molar-refractivity contribution in [2.75, 3.05) is 9.80 Å². The molecule has 2 aliphatic carbocycles. The molecule has 15 aromatic carbocycles. The van der Waals surface area contributed by atoms with E-state index < -0.39 is 5.41 Å². The zero-order chi connectivity index (χ0) is 60.1. The second kappa shape index (κ2) is 19.6. The maximum Gasteiger partial charge on any atom is 0.159 e. The van der Waals surface area contributed by atoms with E-state index in [1.807, 2.05) is 0 Å². The molecule has 0 unspecified atom stereocenters. The van der Waals surface area contributed by atoms with Crippen LogP contribution in [-0.4, -0.2) is 0 Å². The summed E-state index contributed by atoms with van der Waals surface area (Å²) in [4.78, 5) is 4.77. The fourth-order valence-electron chi connectivity index (χ4n) is 16.0. The fraction of sp³-hybridized carbons (Fsp3) is 0.0345. The molecule has 4 nitrogen and oxygen atoms in total. The number of nitrogens with zero attached hydrogens (tertiary/aromatic N) is 2. The quantitative estimate of drug-likeness (QED) is 0.142. The molecule has 0 radical (unpaired) electrons. The van der Waals surface area contributed by atoms with Crippen molar-refractivity contribution in [3.8, 4) is 44.5 Å². The molecule has 0 saturated heterocycles. The lowest BCUT2D eigenvalue weighted by atomic mass is 9.69. The van der Waals surface area contributed by atoms with Gasteiger partial charge in [0, 0.05) is 55.4 Å². The number of fused-ring (bicyclic) bond motifs is 22. The van der Waals surface area contributed by atoms with E-state index in [2.05, 4.69) is 327 Å². The highest BCUT2D eigenvalue weighted by molar-refractivity contribution is 6.22. The van der Waals surface area contributed by atoms with Gasteiger partial charge in [-0.1, -0.05) is 231 Å². The first-order valence-electron chi connectivity index (χ1n) is 31.5. The summed E-state index contributed by atoms with van der Waals surface area (Å²) in [7, 11) is 0. The number of benzene rings is 15. The van der Waals surface area contributed by atoms with E-state index in [1.54, 1.807) is 0 Å².